The van der Waals surface area contributed by atoms with E-state index in [0.717, 1.165) is 0 Å². The number of anilines is 1. The first kappa shape index (κ1) is 17.0. The van der Waals surface area contributed by atoms with Crippen molar-refractivity contribution < 1.29 is 17.9 Å². The van der Waals surface area contributed by atoms with Crippen LogP contribution in [0.25, 0.3) is 0 Å². The number of para-hydroxylation sites is 1. The first-order valence-electron chi connectivity index (χ1n) is 7.03. The number of benzene rings is 1. The number of carbonyl (C=O) groups is 1. The molecule has 0 spiro atoms. The molecule has 0 saturated carbocycles. The van der Waals surface area contributed by atoms with Crippen LogP contribution in [0.2, 0.25) is 0 Å². The standard InChI is InChI=1S/C15H19N3O4S/c1-5-11-7-6-8-12(15(19)22-4)14(11)17-23(20,21)13-9-18(3)10(2)16-13/h6-9,17H,5H2,1-4H3. The lowest BCUT2D eigenvalue weighted by Gasteiger charge is -2.14. The van der Waals surface area contributed by atoms with Crippen LogP contribution in [0, 0.1) is 6.92 Å². The average molecular weight is 337 g/mol. The van der Waals surface area contributed by atoms with Crippen LogP contribution < -0.4 is 4.72 Å². The molecule has 0 unspecified atom stereocenters. The van der Waals surface area contributed by atoms with Gasteiger partial charge < -0.3 is 9.30 Å². The highest BCUT2D eigenvalue weighted by Crippen LogP contribution is 2.25. The normalized spacial score (nSPS) is 11.3. The highest BCUT2D eigenvalue weighted by atomic mass is 32.2. The number of nitrogens with zero attached hydrogens (tertiary/aromatic N) is 2. The summed E-state index contributed by atoms with van der Waals surface area (Å²) in [4.78, 5) is 15.9. The van der Waals surface area contributed by atoms with E-state index >= 15 is 0 Å². The molecule has 1 aromatic carbocycles. The lowest BCUT2D eigenvalue weighted by molar-refractivity contribution is 0.0602. The minimum Gasteiger partial charge on any atom is -0.465 e. The molecule has 1 aromatic heterocycles. The third-order valence-corrected chi connectivity index (χ3v) is 4.76. The van der Waals surface area contributed by atoms with Crippen LogP contribution in [0.5, 0.6) is 0 Å². The van der Waals surface area contributed by atoms with Crippen LogP contribution in [0.15, 0.2) is 29.4 Å². The molecule has 0 aliphatic rings. The molecule has 2 aromatic rings. The smallest absolute Gasteiger partial charge is 0.340 e. The van der Waals surface area contributed by atoms with Crippen molar-refractivity contribution in [3.63, 3.8) is 0 Å². The number of hydrogen-bond donors (Lipinski definition) is 1. The van der Waals surface area contributed by atoms with Gasteiger partial charge >= 0.3 is 5.97 Å². The van der Waals surface area contributed by atoms with Crippen LogP contribution in [-0.2, 0) is 28.2 Å². The van der Waals surface area contributed by atoms with Gasteiger partial charge in [-0.15, -0.1) is 0 Å². The zero-order valence-electron chi connectivity index (χ0n) is 13.5. The zero-order valence-corrected chi connectivity index (χ0v) is 14.3. The minimum atomic E-state index is -3.90. The summed E-state index contributed by atoms with van der Waals surface area (Å²) in [6, 6.07) is 4.97. The summed E-state index contributed by atoms with van der Waals surface area (Å²) in [6.07, 6.45) is 1.98. The highest BCUT2D eigenvalue weighted by Gasteiger charge is 2.23. The number of ether oxygens (including phenoxy) is 1. The number of hydrogen-bond acceptors (Lipinski definition) is 5. The molecule has 0 fully saturated rings. The van der Waals surface area contributed by atoms with Gasteiger partial charge in [-0.1, -0.05) is 19.1 Å². The third kappa shape index (κ3) is 3.37. The van der Waals surface area contributed by atoms with Crippen LogP contribution in [0.1, 0.15) is 28.7 Å². The Bertz CT molecular complexity index is 821. The van der Waals surface area contributed by atoms with Crippen LogP contribution in [0.4, 0.5) is 5.69 Å². The summed E-state index contributed by atoms with van der Waals surface area (Å²) < 4.78 is 33.9. The van der Waals surface area contributed by atoms with Crippen molar-refractivity contribution in [2.24, 2.45) is 7.05 Å². The van der Waals surface area contributed by atoms with E-state index in [9.17, 15) is 13.2 Å². The average Bonchev–Trinajstić information content (AvgIpc) is 2.86. The summed E-state index contributed by atoms with van der Waals surface area (Å²) in [5, 5.41) is -0.0979. The molecule has 8 heteroatoms. The molecule has 0 aliphatic carbocycles. The second-order valence-corrected chi connectivity index (χ2v) is 6.66. The second kappa shape index (κ2) is 6.41. The van der Waals surface area contributed by atoms with Gasteiger partial charge in [-0.25, -0.2) is 9.78 Å². The van der Waals surface area contributed by atoms with Gasteiger partial charge in [-0.2, -0.15) is 8.42 Å². The van der Waals surface area contributed by atoms with Gasteiger partial charge in [0.2, 0.25) is 0 Å². The molecular formula is C15H19N3O4S. The molecule has 2 rings (SSSR count). The van der Waals surface area contributed by atoms with E-state index in [0.29, 0.717) is 17.8 Å². The Morgan fingerprint density at radius 2 is 2.09 bits per heavy atom. The molecule has 0 amide bonds. The lowest BCUT2D eigenvalue weighted by atomic mass is 10.1. The monoisotopic (exact) mass is 337 g/mol. The van der Waals surface area contributed by atoms with Crippen molar-refractivity contribution >= 4 is 21.7 Å². The van der Waals surface area contributed by atoms with Gasteiger partial charge in [0.25, 0.3) is 10.0 Å². The Morgan fingerprint density at radius 3 is 2.61 bits per heavy atom. The van der Waals surface area contributed by atoms with Crippen LogP contribution >= 0.6 is 0 Å². The molecular weight excluding hydrogens is 318 g/mol. The predicted molar refractivity (Wildman–Crippen MR) is 85.9 cm³/mol. The molecule has 7 nitrogen and oxygen atoms in total. The quantitative estimate of drug-likeness (QED) is 0.841. The van der Waals surface area contributed by atoms with E-state index in [4.69, 9.17) is 4.74 Å². The maximum atomic E-state index is 12.6. The van der Waals surface area contributed by atoms with Gasteiger partial charge in [0.1, 0.15) is 5.82 Å². The van der Waals surface area contributed by atoms with Crippen molar-refractivity contribution in [1.82, 2.24) is 9.55 Å². The molecule has 0 aliphatic heterocycles. The van der Waals surface area contributed by atoms with Gasteiger partial charge in [-0.3, -0.25) is 4.72 Å². The number of aryl methyl sites for hydroxylation is 3. The summed E-state index contributed by atoms with van der Waals surface area (Å²) in [6.45, 7) is 3.58. The largest absolute Gasteiger partial charge is 0.465 e. The highest BCUT2D eigenvalue weighted by molar-refractivity contribution is 7.92. The molecule has 1 N–H and O–H groups in total. The van der Waals surface area contributed by atoms with E-state index in [-0.39, 0.29) is 16.3 Å². The Hall–Kier alpha value is -2.35. The predicted octanol–water partition coefficient (Wildman–Crippen LogP) is 1.88. The maximum absolute atomic E-state index is 12.6. The number of sulfonamides is 1. The summed E-state index contributed by atoms with van der Waals surface area (Å²) in [5.41, 5.74) is 1.09. The van der Waals surface area contributed by atoms with Crippen LogP contribution in [-0.4, -0.2) is 31.0 Å². The van der Waals surface area contributed by atoms with E-state index in [1.54, 1.807) is 30.7 Å². The van der Waals surface area contributed by atoms with Crippen LogP contribution in [0.3, 0.4) is 0 Å². The fraction of sp³-hybridized carbons (Fsp3) is 0.333. The number of nitrogens with one attached hydrogen (secondary N) is 1. The SMILES string of the molecule is CCc1cccc(C(=O)OC)c1NS(=O)(=O)c1cn(C)c(C)n1. The van der Waals surface area contributed by atoms with Crippen molar-refractivity contribution in [3.05, 3.63) is 41.3 Å². The number of rotatable bonds is 5. The van der Waals surface area contributed by atoms with E-state index in [1.807, 2.05) is 6.92 Å². The Kier molecular flexibility index (Phi) is 4.74. The molecule has 0 bridgehead atoms. The van der Waals surface area contributed by atoms with Crippen molar-refractivity contribution in [2.75, 3.05) is 11.8 Å². The molecule has 1 heterocycles. The van der Waals surface area contributed by atoms with Gasteiger partial charge in [0.15, 0.2) is 5.03 Å². The van der Waals surface area contributed by atoms with Gasteiger partial charge in [0.05, 0.1) is 18.4 Å². The van der Waals surface area contributed by atoms with E-state index in [1.165, 1.54) is 19.4 Å². The number of imidazole rings is 1. The van der Waals surface area contributed by atoms with Crippen molar-refractivity contribution in [1.29, 1.82) is 0 Å². The van der Waals surface area contributed by atoms with E-state index in [2.05, 4.69) is 9.71 Å². The number of aromatic nitrogens is 2. The van der Waals surface area contributed by atoms with Gasteiger partial charge in [0, 0.05) is 13.2 Å². The van der Waals surface area contributed by atoms with Crippen molar-refractivity contribution in [3.8, 4) is 0 Å². The zero-order chi connectivity index (χ0) is 17.2. The van der Waals surface area contributed by atoms with Crippen molar-refractivity contribution in [2.45, 2.75) is 25.3 Å². The Labute approximate surface area is 135 Å². The molecule has 0 atom stereocenters. The Morgan fingerprint density at radius 1 is 1.39 bits per heavy atom. The first-order chi connectivity index (χ1) is 10.8. The fourth-order valence-electron chi connectivity index (χ4n) is 2.14. The molecule has 0 radical (unpaired) electrons. The Balaban J connectivity index is 2.52. The maximum Gasteiger partial charge on any atom is 0.340 e. The van der Waals surface area contributed by atoms with Gasteiger partial charge in [-0.05, 0) is 25.0 Å². The molecule has 0 saturated heterocycles. The molecule has 23 heavy (non-hydrogen) atoms. The first-order valence-corrected chi connectivity index (χ1v) is 8.51. The summed E-state index contributed by atoms with van der Waals surface area (Å²) >= 11 is 0. The summed E-state index contributed by atoms with van der Waals surface area (Å²) in [5.74, 6) is -0.0301. The topological polar surface area (TPSA) is 90.3 Å². The number of methoxy groups -OCH3 is 1. The second-order valence-electron chi connectivity index (χ2n) is 5.03. The van der Waals surface area contributed by atoms with E-state index < -0.39 is 16.0 Å². The summed E-state index contributed by atoms with van der Waals surface area (Å²) in [7, 11) is -0.941. The minimum absolute atomic E-state index is 0.0979. The third-order valence-electron chi connectivity index (χ3n) is 3.54. The number of esters is 1. The lowest BCUT2D eigenvalue weighted by Crippen LogP contribution is -2.18. The molecule has 124 valence electrons. The fourth-order valence-corrected chi connectivity index (χ4v) is 3.30. The number of carbonyl (C=O) groups excluding carboxylic acids is 1.